The number of carbonyl (C=O) groups is 3. The second-order valence-electron chi connectivity index (χ2n) is 5.92. The van der Waals surface area contributed by atoms with E-state index in [9.17, 15) is 14.4 Å². The van der Waals surface area contributed by atoms with E-state index in [1.54, 1.807) is 31.2 Å². The summed E-state index contributed by atoms with van der Waals surface area (Å²) in [6.07, 6.45) is 0. The molecule has 0 N–H and O–H groups in total. The minimum absolute atomic E-state index is 0.0632. The van der Waals surface area contributed by atoms with Crippen LogP contribution in [0.5, 0.6) is 0 Å². The van der Waals surface area contributed by atoms with Gasteiger partial charge in [0.25, 0.3) is 5.91 Å². The molecule has 27 heavy (non-hydrogen) atoms. The first-order valence-corrected chi connectivity index (χ1v) is 8.61. The minimum Gasteiger partial charge on any atom is -0.462 e. The Morgan fingerprint density at radius 3 is 2.41 bits per heavy atom. The predicted molar refractivity (Wildman–Crippen MR) is 98.1 cm³/mol. The molecule has 0 saturated carbocycles. The highest BCUT2D eigenvalue weighted by Gasteiger charge is 2.36. The Labute approximate surface area is 157 Å². The molecule has 0 bridgehead atoms. The van der Waals surface area contributed by atoms with Crippen LogP contribution in [0.15, 0.2) is 54.6 Å². The molecule has 0 unspecified atom stereocenters. The van der Waals surface area contributed by atoms with Crippen molar-refractivity contribution in [3.05, 3.63) is 65.7 Å². The van der Waals surface area contributed by atoms with Gasteiger partial charge in [-0.2, -0.15) is 0 Å². The topological polar surface area (TPSA) is 76.2 Å². The van der Waals surface area contributed by atoms with E-state index < -0.39 is 12.0 Å². The number of anilines is 1. The van der Waals surface area contributed by atoms with Gasteiger partial charge >= 0.3 is 12.0 Å². The van der Waals surface area contributed by atoms with E-state index in [4.69, 9.17) is 9.47 Å². The largest absolute Gasteiger partial charge is 0.462 e. The van der Waals surface area contributed by atoms with Crippen molar-refractivity contribution in [1.82, 2.24) is 4.90 Å². The van der Waals surface area contributed by atoms with E-state index in [1.807, 2.05) is 30.3 Å². The summed E-state index contributed by atoms with van der Waals surface area (Å²) in [5.41, 5.74) is 1.89. The highest BCUT2D eigenvalue weighted by Crippen LogP contribution is 2.22. The quantitative estimate of drug-likeness (QED) is 0.555. The van der Waals surface area contributed by atoms with Gasteiger partial charge in [0.05, 0.1) is 18.8 Å². The van der Waals surface area contributed by atoms with E-state index in [0.29, 0.717) is 17.9 Å². The molecule has 0 atom stereocenters. The molecule has 3 amide bonds. The summed E-state index contributed by atoms with van der Waals surface area (Å²) in [5, 5.41) is 0. The Morgan fingerprint density at radius 1 is 1.04 bits per heavy atom. The number of hydrogen-bond acceptors (Lipinski definition) is 5. The van der Waals surface area contributed by atoms with Crippen molar-refractivity contribution in [1.29, 1.82) is 0 Å². The summed E-state index contributed by atoms with van der Waals surface area (Å²) in [4.78, 5) is 38.8. The molecular formula is C20H20N2O5. The number of imide groups is 1. The van der Waals surface area contributed by atoms with Gasteiger partial charge < -0.3 is 9.47 Å². The van der Waals surface area contributed by atoms with Crippen LogP contribution in [0, 0.1) is 0 Å². The smallest absolute Gasteiger partial charge is 0.338 e. The monoisotopic (exact) mass is 368 g/mol. The lowest BCUT2D eigenvalue weighted by Gasteiger charge is -2.17. The van der Waals surface area contributed by atoms with Crippen LogP contribution < -0.4 is 4.90 Å². The van der Waals surface area contributed by atoms with Crippen LogP contribution in [0.3, 0.4) is 0 Å². The number of carbonyl (C=O) groups excluding carboxylic acids is 3. The Kier molecular flexibility index (Phi) is 5.83. The van der Waals surface area contributed by atoms with Crippen molar-refractivity contribution in [3.63, 3.8) is 0 Å². The third-order valence-electron chi connectivity index (χ3n) is 4.08. The second kappa shape index (κ2) is 8.46. The Balaban J connectivity index is 1.60. The van der Waals surface area contributed by atoms with Gasteiger partial charge in [-0.1, -0.05) is 30.3 Å². The molecule has 1 aliphatic heterocycles. The first-order valence-electron chi connectivity index (χ1n) is 8.61. The maximum Gasteiger partial charge on any atom is 0.338 e. The molecule has 1 heterocycles. The van der Waals surface area contributed by atoms with Gasteiger partial charge in [-0.3, -0.25) is 9.69 Å². The fourth-order valence-electron chi connectivity index (χ4n) is 2.69. The van der Waals surface area contributed by atoms with Crippen molar-refractivity contribution in [2.45, 2.75) is 13.5 Å². The highest BCUT2D eigenvalue weighted by atomic mass is 16.5. The van der Waals surface area contributed by atoms with Crippen LogP contribution in [-0.2, 0) is 20.9 Å². The number of urea groups is 1. The number of rotatable bonds is 7. The van der Waals surface area contributed by atoms with Gasteiger partial charge in [-0.15, -0.1) is 0 Å². The molecule has 2 aromatic carbocycles. The van der Waals surface area contributed by atoms with Gasteiger partial charge in [0.1, 0.15) is 13.3 Å². The lowest BCUT2D eigenvalue weighted by atomic mass is 10.2. The highest BCUT2D eigenvalue weighted by molar-refractivity contribution is 6.12. The molecule has 0 aromatic heterocycles. The number of nitrogens with zero attached hydrogens (tertiary/aromatic N) is 2. The molecular weight excluding hydrogens is 348 g/mol. The minimum atomic E-state index is -0.447. The lowest BCUT2D eigenvalue weighted by Crippen LogP contribution is -2.34. The molecule has 7 heteroatoms. The Hall–Kier alpha value is -3.19. The third-order valence-corrected chi connectivity index (χ3v) is 4.08. The standard InChI is InChI=1S/C20H20N2O5/c1-2-27-19(24)16-8-10-17(11-9-16)21-12-18(23)22(20(21)25)14-26-13-15-6-4-3-5-7-15/h3-11H,2,12-14H2,1H3. The van der Waals surface area contributed by atoms with Crippen molar-refractivity contribution >= 4 is 23.6 Å². The average molecular weight is 368 g/mol. The normalized spacial score (nSPS) is 14.0. The van der Waals surface area contributed by atoms with Crippen LogP contribution in [0.4, 0.5) is 10.5 Å². The van der Waals surface area contributed by atoms with E-state index in [-0.39, 0.29) is 25.8 Å². The summed E-state index contributed by atoms with van der Waals surface area (Å²) in [6, 6.07) is 15.4. The van der Waals surface area contributed by atoms with Crippen LogP contribution >= 0.6 is 0 Å². The zero-order valence-corrected chi connectivity index (χ0v) is 15.0. The zero-order valence-electron chi connectivity index (χ0n) is 15.0. The zero-order chi connectivity index (χ0) is 19.2. The SMILES string of the molecule is CCOC(=O)c1ccc(N2CC(=O)N(COCc3ccccc3)C2=O)cc1. The number of ether oxygens (including phenoxy) is 2. The Morgan fingerprint density at radius 2 is 1.74 bits per heavy atom. The summed E-state index contributed by atoms with van der Waals surface area (Å²) >= 11 is 0. The van der Waals surface area contributed by atoms with E-state index in [2.05, 4.69) is 0 Å². The van der Waals surface area contributed by atoms with Crippen LogP contribution in [0.25, 0.3) is 0 Å². The number of hydrogen-bond donors (Lipinski definition) is 0. The van der Waals surface area contributed by atoms with E-state index in [1.165, 1.54) is 4.90 Å². The van der Waals surface area contributed by atoms with Crippen LogP contribution in [-0.4, -0.2) is 42.7 Å². The van der Waals surface area contributed by atoms with Gasteiger partial charge in [0.2, 0.25) is 0 Å². The molecule has 1 saturated heterocycles. The van der Waals surface area contributed by atoms with E-state index in [0.717, 1.165) is 10.5 Å². The lowest BCUT2D eigenvalue weighted by molar-refractivity contribution is -0.129. The van der Waals surface area contributed by atoms with Gasteiger partial charge in [-0.05, 0) is 36.8 Å². The van der Waals surface area contributed by atoms with Gasteiger partial charge in [0, 0.05) is 5.69 Å². The van der Waals surface area contributed by atoms with Crippen LogP contribution in [0.2, 0.25) is 0 Å². The summed E-state index contributed by atoms with van der Waals surface area (Å²) in [5.74, 6) is -0.758. The summed E-state index contributed by atoms with van der Waals surface area (Å²) in [7, 11) is 0. The summed E-state index contributed by atoms with van der Waals surface area (Å²) < 4.78 is 10.4. The first-order chi connectivity index (χ1) is 13.1. The molecule has 3 rings (SSSR count). The molecule has 2 aromatic rings. The second-order valence-corrected chi connectivity index (χ2v) is 5.92. The molecule has 1 fully saturated rings. The van der Waals surface area contributed by atoms with Gasteiger partial charge in [0.15, 0.2) is 0 Å². The van der Waals surface area contributed by atoms with Crippen molar-refractivity contribution < 1.29 is 23.9 Å². The molecule has 0 radical (unpaired) electrons. The number of amides is 3. The maximum atomic E-state index is 12.5. The Bertz CT molecular complexity index is 820. The third kappa shape index (κ3) is 4.32. The molecule has 1 aliphatic rings. The maximum absolute atomic E-state index is 12.5. The van der Waals surface area contributed by atoms with Crippen molar-refractivity contribution in [3.8, 4) is 0 Å². The van der Waals surface area contributed by atoms with Crippen molar-refractivity contribution in [2.75, 3.05) is 24.8 Å². The molecule has 0 spiro atoms. The van der Waals surface area contributed by atoms with E-state index >= 15 is 0 Å². The molecule has 0 aliphatic carbocycles. The van der Waals surface area contributed by atoms with Crippen molar-refractivity contribution in [2.24, 2.45) is 0 Å². The summed E-state index contributed by atoms with van der Waals surface area (Å²) in [6.45, 7) is 2.16. The van der Waals surface area contributed by atoms with Crippen LogP contribution in [0.1, 0.15) is 22.8 Å². The number of benzene rings is 2. The average Bonchev–Trinajstić information content (AvgIpc) is 2.97. The predicted octanol–water partition coefficient (Wildman–Crippen LogP) is 2.81. The molecule has 7 nitrogen and oxygen atoms in total. The molecule has 140 valence electrons. The first kappa shape index (κ1) is 18.6. The number of esters is 1. The fourth-order valence-corrected chi connectivity index (χ4v) is 2.69. The van der Waals surface area contributed by atoms with Gasteiger partial charge in [-0.25, -0.2) is 14.5 Å². The fraction of sp³-hybridized carbons (Fsp3) is 0.250.